The fourth-order valence-electron chi connectivity index (χ4n) is 4.34. The predicted molar refractivity (Wildman–Crippen MR) is 141 cm³/mol. The van der Waals surface area contributed by atoms with Crippen molar-refractivity contribution < 1.29 is 14.3 Å². The van der Waals surface area contributed by atoms with Gasteiger partial charge >= 0.3 is 0 Å². The standard InChI is InChI=1S/C28H27N5O3/c1-35-22-15-14-19(17-23(22)36-2)33-26(29)24(25-27(33)32-21-13-7-6-12-20(21)31-25)28(34)30-16-8-11-18-9-4-3-5-10-18/h3-7,9-10,12-15,17H,8,11,16,29H2,1-2H3,(H,30,34). The highest BCUT2D eigenvalue weighted by molar-refractivity contribution is 6.11. The van der Waals surface area contributed by atoms with Gasteiger partial charge in [-0.25, -0.2) is 9.97 Å². The number of nitrogens with two attached hydrogens (primary N) is 1. The summed E-state index contributed by atoms with van der Waals surface area (Å²) in [4.78, 5) is 23.0. The minimum atomic E-state index is -0.283. The molecule has 8 heteroatoms. The van der Waals surface area contributed by atoms with E-state index in [-0.39, 0.29) is 11.7 Å². The second kappa shape index (κ2) is 9.95. The van der Waals surface area contributed by atoms with E-state index in [9.17, 15) is 4.79 Å². The summed E-state index contributed by atoms with van der Waals surface area (Å²) >= 11 is 0. The molecule has 2 heterocycles. The molecule has 1 amide bonds. The summed E-state index contributed by atoms with van der Waals surface area (Å²) in [7, 11) is 3.15. The van der Waals surface area contributed by atoms with Crippen molar-refractivity contribution in [2.24, 2.45) is 0 Å². The predicted octanol–water partition coefficient (Wildman–Crippen LogP) is 4.54. The Kier molecular flexibility index (Phi) is 6.40. The van der Waals surface area contributed by atoms with Crippen molar-refractivity contribution in [1.29, 1.82) is 0 Å². The van der Waals surface area contributed by atoms with Crippen LogP contribution in [0.5, 0.6) is 11.5 Å². The Hall–Kier alpha value is -4.59. The van der Waals surface area contributed by atoms with Gasteiger partial charge in [0.1, 0.15) is 16.9 Å². The molecule has 0 saturated heterocycles. The first-order valence-electron chi connectivity index (χ1n) is 11.7. The smallest absolute Gasteiger partial charge is 0.257 e. The zero-order valence-corrected chi connectivity index (χ0v) is 20.2. The van der Waals surface area contributed by atoms with Gasteiger partial charge in [0.15, 0.2) is 17.1 Å². The van der Waals surface area contributed by atoms with Crippen LogP contribution in [0, 0.1) is 0 Å². The molecule has 3 aromatic carbocycles. The molecular weight excluding hydrogens is 454 g/mol. The van der Waals surface area contributed by atoms with Crippen LogP contribution in [0.3, 0.4) is 0 Å². The van der Waals surface area contributed by atoms with Gasteiger partial charge in [-0.2, -0.15) is 0 Å². The minimum absolute atomic E-state index is 0.257. The summed E-state index contributed by atoms with van der Waals surface area (Å²) in [6, 6.07) is 23.2. The van der Waals surface area contributed by atoms with Crippen LogP contribution in [0.25, 0.3) is 27.9 Å². The third-order valence-electron chi connectivity index (χ3n) is 6.12. The van der Waals surface area contributed by atoms with Gasteiger partial charge in [0.05, 0.1) is 30.9 Å². The van der Waals surface area contributed by atoms with E-state index in [2.05, 4.69) is 17.4 Å². The van der Waals surface area contributed by atoms with Gasteiger partial charge in [-0.15, -0.1) is 0 Å². The molecule has 0 saturated carbocycles. The van der Waals surface area contributed by atoms with Crippen LogP contribution in [0.1, 0.15) is 22.3 Å². The summed E-state index contributed by atoms with van der Waals surface area (Å²) in [5.41, 5.74) is 11.2. The Balaban J connectivity index is 1.55. The highest BCUT2D eigenvalue weighted by Crippen LogP contribution is 2.35. The Bertz CT molecular complexity index is 1550. The van der Waals surface area contributed by atoms with Crippen LogP contribution >= 0.6 is 0 Å². The Labute approximate surface area is 208 Å². The molecule has 0 radical (unpaired) electrons. The summed E-state index contributed by atoms with van der Waals surface area (Å²) in [5.74, 6) is 1.10. The molecule has 0 aliphatic carbocycles. The van der Waals surface area contributed by atoms with Gasteiger partial charge in [-0.3, -0.25) is 9.36 Å². The number of aryl methyl sites for hydroxylation is 1. The average molecular weight is 482 g/mol. The van der Waals surface area contributed by atoms with E-state index in [4.69, 9.17) is 25.2 Å². The number of nitrogen functional groups attached to an aromatic ring is 1. The second-order valence-electron chi connectivity index (χ2n) is 8.36. The number of methoxy groups -OCH3 is 2. The van der Waals surface area contributed by atoms with E-state index in [1.165, 1.54) is 5.56 Å². The molecule has 36 heavy (non-hydrogen) atoms. The number of ether oxygens (including phenoxy) is 2. The number of anilines is 1. The molecule has 0 aliphatic rings. The minimum Gasteiger partial charge on any atom is -0.493 e. The number of amides is 1. The normalized spacial score (nSPS) is 11.1. The fraction of sp³-hybridized carbons (Fsp3) is 0.179. The summed E-state index contributed by atoms with van der Waals surface area (Å²) < 4.78 is 12.6. The zero-order valence-electron chi connectivity index (χ0n) is 20.2. The van der Waals surface area contributed by atoms with Crippen molar-refractivity contribution in [2.45, 2.75) is 12.8 Å². The van der Waals surface area contributed by atoms with Crippen LogP contribution in [0.4, 0.5) is 5.82 Å². The van der Waals surface area contributed by atoms with Crippen molar-refractivity contribution in [3.8, 4) is 17.2 Å². The quantitative estimate of drug-likeness (QED) is 0.316. The molecule has 0 aliphatic heterocycles. The highest BCUT2D eigenvalue weighted by Gasteiger charge is 2.25. The number of nitrogens with zero attached hydrogens (tertiary/aromatic N) is 3. The van der Waals surface area contributed by atoms with Crippen LogP contribution in [0.15, 0.2) is 72.8 Å². The van der Waals surface area contributed by atoms with Crippen molar-refractivity contribution >= 4 is 33.9 Å². The first kappa shape index (κ1) is 23.2. The molecule has 5 aromatic rings. The number of rotatable bonds is 8. The van der Waals surface area contributed by atoms with Crippen molar-refractivity contribution in [1.82, 2.24) is 19.9 Å². The van der Waals surface area contributed by atoms with Gasteiger partial charge < -0.3 is 20.5 Å². The SMILES string of the molecule is COc1ccc(-n2c(N)c(C(=O)NCCCc3ccccc3)c3nc4ccccc4nc32)cc1OC. The molecule has 0 spiro atoms. The second-order valence-corrected chi connectivity index (χ2v) is 8.36. The lowest BCUT2D eigenvalue weighted by Gasteiger charge is -2.12. The van der Waals surface area contributed by atoms with Gasteiger partial charge in [-0.1, -0.05) is 42.5 Å². The number of para-hydroxylation sites is 2. The zero-order chi connectivity index (χ0) is 25.1. The van der Waals surface area contributed by atoms with E-state index in [0.717, 1.165) is 12.8 Å². The Morgan fingerprint density at radius 3 is 2.33 bits per heavy atom. The molecule has 0 unspecified atom stereocenters. The lowest BCUT2D eigenvalue weighted by Crippen LogP contribution is -2.25. The van der Waals surface area contributed by atoms with Crippen molar-refractivity contribution in [3.63, 3.8) is 0 Å². The maximum Gasteiger partial charge on any atom is 0.257 e. The summed E-state index contributed by atoms with van der Waals surface area (Å²) in [5, 5.41) is 3.01. The number of carbonyl (C=O) groups is 1. The van der Waals surface area contributed by atoms with Crippen molar-refractivity contribution in [3.05, 3.63) is 83.9 Å². The first-order valence-corrected chi connectivity index (χ1v) is 11.7. The first-order chi connectivity index (χ1) is 17.6. The van der Waals surface area contributed by atoms with E-state index in [0.29, 0.717) is 51.5 Å². The highest BCUT2D eigenvalue weighted by atomic mass is 16.5. The average Bonchev–Trinajstić information content (AvgIpc) is 3.20. The molecule has 5 rings (SSSR count). The lowest BCUT2D eigenvalue weighted by atomic mass is 10.1. The van der Waals surface area contributed by atoms with Crippen molar-refractivity contribution in [2.75, 3.05) is 26.5 Å². The molecule has 182 valence electrons. The fourth-order valence-corrected chi connectivity index (χ4v) is 4.34. The van der Waals surface area contributed by atoms with Crippen LogP contribution < -0.4 is 20.5 Å². The van der Waals surface area contributed by atoms with E-state index in [1.807, 2.05) is 48.5 Å². The van der Waals surface area contributed by atoms with Crippen LogP contribution in [-0.2, 0) is 6.42 Å². The number of aromatic nitrogens is 3. The molecule has 3 N–H and O–H groups in total. The number of benzene rings is 3. The molecule has 0 fully saturated rings. The monoisotopic (exact) mass is 481 g/mol. The Morgan fingerprint density at radius 2 is 1.61 bits per heavy atom. The molecule has 2 aromatic heterocycles. The lowest BCUT2D eigenvalue weighted by molar-refractivity contribution is 0.0955. The van der Waals surface area contributed by atoms with E-state index in [1.54, 1.807) is 30.9 Å². The Morgan fingerprint density at radius 1 is 0.917 bits per heavy atom. The van der Waals surface area contributed by atoms with E-state index < -0.39 is 0 Å². The maximum atomic E-state index is 13.4. The van der Waals surface area contributed by atoms with Gasteiger partial charge in [0, 0.05) is 12.6 Å². The number of fused-ring (bicyclic) bond motifs is 2. The maximum absolute atomic E-state index is 13.4. The van der Waals surface area contributed by atoms with Gasteiger partial charge in [0.25, 0.3) is 5.91 Å². The summed E-state index contributed by atoms with van der Waals surface area (Å²) in [6.07, 6.45) is 1.67. The topological polar surface area (TPSA) is 104 Å². The molecule has 0 bridgehead atoms. The third kappa shape index (κ3) is 4.29. The van der Waals surface area contributed by atoms with Gasteiger partial charge in [0.2, 0.25) is 0 Å². The molecule has 8 nitrogen and oxygen atoms in total. The summed E-state index contributed by atoms with van der Waals surface area (Å²) in [6.45, 7) is 0.511. The van der Waals surface area contributed by atoms with Gasteiger partial charge in [-0.05, 0) is 42.7 Å². The van der Waals surface area contributed by atoms with Crippen LogP contribution in [0.2, 0.25) is 0 Å². The number of hydrogen-bond acceptors (Lipinski definition) is 6. The number of nitrogens with one attached hydrogen (secondary N) is 1. The third-order valence-corrected chi connectivity index (χ3v) is 6.12. The van der Waals surface area contributed by atoms with E-state index >= 15 is 0 Å². The number of carbonyl (C=O) groups excluding carboxylic acids is 1. The molecule has 0 atom stereocenters. The van der Waals surface area contributed by atoms with Crippen LogP contribution in [-0.4, -0.2) is 41.2 Å². The number of hydrogen-bond donors (Lipinski definition) is 2. The molecular formula is C28H27N5O3. The largest absolute Gasteiger partial charge is 0.493 e.